The van der Waals surface area contributed by atoms with Crippen LogP contribution in [-0.4, -0.2) is 13.1 Å². The fraction of sp³-hybridized carbons (Fsp3) is 0.538. The Morgan fingerprint density at radius 1 is 1.20 bits per heavy atom. The van der Waals surface area contributed by atoms with E-state index in [0.717, 1.165) is 19.5 Å². The summed E-state index contributed by atoms with van der Waals surface area (Å²) in [7, 11) is 0. The summed E-state index contributed by atoms with van der Waals surface area (Å²) >= 11 is 0. The summed E-state index contributed by atoms with van der Waals surface area (Å²) in [5.41, 5.74) is 3.05. The van der Waals surface area contributed by atoms with E-state index in [-0.39, 0.29) is 0 Å². The Morgan fingerprint density at radius 3 is 3.00 bits per heavy atom. The molecule has 1 aliphatic heterocycles. The van der Waals surface area contributed by atoms with Crippen molar-refractivity contribution in [3.63, 3.8) is 0 Å². The lowest BCUT2D eigenvalue weighted by molar-refractivity contribution is -0.858. The third-order valence-corrected chi connectivity index (χ3v) is 4.03. The highest BCUT2D eigenvalue weighted by atomic mass is 16.5. The predicted octanol–water partition coefficient (Wildman–Crippen LogP) is 1.12. The molecular formula is C13H17NO. The molecule has 1 saturated heterocycles. The fourth-order valence-electron chi connectivity index (χ4n) is 3.27. The second-order valence-electron chi connectivity index (χ2n) is 4.89. The predicted molar refractivity (Wildman–Crippen MR) is 59.7 cm³/mol. The van der Waals surface area contributed by atoms with Gasteiger partial charge in [0.05, 0.1) is 13.1 Å². The maximum atomic E-state index is 11.4. The number of hydroxylamine groups is 2. The van der Waals surface area contributed by atoms with Crippen LogP contribution in [0.1, 0.15) is 29.9 Å². The van der Waals surface area contributed by atoms with Gasteiger partial charge in [-0.3, -0.25) is 0 Å². The van der Waals surface area contributed by atoms with Gasteiger partial charge in [-0.25, -0.2) is 0 Å². The van der Waals surface area contributed by atoms with Crippen molar-refractivity contribution in [2.75, 3.05) is 13.1 Å². The maximum absolute atomic E-state index is 11.4. The molecule has 80 valence electrons. The third kappa shape index (κ3) is 1.58. The summed E-state index contributed by atoms with van der Waals surface area (Å²) in [6, 6.07) is 8.79. The smallest absolute Gasteiger partial charge is 0.0802 e. The molecule has 0 amide bonds. The number of hydrogen-bond donors (Lipinski definition) is 1. The van der Waals surface area contributed by atoms with E-state index in [9.17, 15) is 5.21 Å². The van der Waals surface area contributed by atoms with Gasteiger partial charge in [-0.2, -0.15) is 0 Å². The first-order valence-electron chi connectivity index (χ1n) is 5.94. The zero-order valence-electron chi connectivity index (χ0n) is 8.91. The van der Waals surface area contributed by atoms with Crippen LogP contribution in [0.15, 0.2) is 24.3 Å². The standard InChI is InChI=1S/C13H17NO/c15-14-8-7-13-11(9-14)6-5-10-3-1-2-4-12(10)13/h1-4,11,13-14H,5-9H2/t11?,13-/m1/s1. The average Bonchev–Trinajstić information content (AvgIpc) is 2.28. The van der Waals surface area contributed by atoms with Crippen molar-refractivity contribution in [2.45, 2.75) is 25.2 Å². The molecule has 1 fully saturated rings. The SMILES string of the molecule is [O-][N@@H+]1CC[C@H]2c3ccccc3CCC2C1. The number of benzene rings is 1. The second-order valence-corrected chi connectivity index (χ2v) is 4.89. The van der Waals surface area contributed by atoms with E-state index in [1.807, 2.05) is 0 Å². The van der Waals surface area contributed by atoms with Crippen LogP contribution < -0.4 is 5.06 Å². The van der Waals surface area contributed by atoms with E-state index in [1.165, 1.54) is 24.0 Å². The van der Waals surface area contributed by atoms with E-state index in [0.29, 0.717) is 16.9 Å². The minimum Gasteiger partial charge on any atom is -0.634 e. The number of aryl methyl sites for hydroxylation is 1. The first-order valence-corrected chi connectivity index (χ1v) is 5.94. The quantitative estimate of drug-likeness (QED) is 0.629. The third-order valence-electron chi connectivity index (χ3n) is 4.03. The zero-order chi connectivity index (χ0) is 10.3. The summed E-state index contributed by atoms with van der Waals surface area (Å²) < 4.78 is 0. The van der Waals surface area contributed by atoms with Gasteiger partial charge in [0, 0.05) is 12.3 Å². The Bertz CT molecular complexity index is 363. The first kappa shape index (κ1) is 9.37. The molecule has 0 spiro atoms. The molecule has 3 rings (SSSR count). The molecule has 1 heterocycles. The molecule has 3 atom stereocenters. The number of piperidine rings is 1. The normalized spacial score (nSPS) is 34.3. The number of rotatable bonds is 0. The number of nitrogens with one attached hydrogen (secondary N) is 1. The van der Waals surface area contributed by atoms with Gasteiger partial charge in [-0.1, -0.05) is 24.3 Å². The first-order chi connectivity index (χ1) is 7.34. The Balaban J connectivity index is 1.93. The Morgan fingerprint density at radius 2 is 2.07 bits per heavy atom. The van der Waals surface area contributed by atoms with Crippen LogP contribution in [0.3, 0.4) is 0 Å². The van der Waals surface area contributed by atoms with Gasteiger partial charge in [0.25, 0.3) is 0 Å². The summed E-state index contributed by atoms with van der Waals surface area (Å²) in [4.78, 5) is 0. The topological polar surface area (TPSA) is 27.5 Å². The van der Waals surface area contributed by atoms with Crippen LogP contribution in [0.2, 0.25) is 0 Å². The van der Waals surface area contributed by atoms with Crippen molar-refractivity contribution in [1.29, 1.82) is 0 Å². The van der Waals surface area contributed by atoms with E-state index >= 15 is 0 Å². The molecule has 2 heteroatoms. The van der Waals surface area contributed by atoms with E-state index in [2.05, 4.69) is 24.3 Å². The molecule has 2 aliphatic rings. The molecule has 0 radical (unpaired) electrons. The number of hydrogen-bond acceptors (Lipinski definition) is 1. The molecule has 1 unspecified atom stereocenters. The van der Waals surface area contributed by atoms with Crippen molar-refractivity contribution in [3.8, 4) is 0 Å². The fourth-order valence-corrected chi connectivity index (χ4v) is 3.27. The lowest BCUT2D eigenvalue weighted by Gasteiger charge is -2.41. The summed E-state index contributed by atoms with van der Waals surface area (Å²) in [5, 5.41) is 11.9. The Kier molecular flexibility index (Phi) is 2.26. The summed E-state index contributed by atoms with van der Waals surface area (Å²) in [6.07, 6.45) is 3.47. The van der Waals surface area contributed by atoms with Crippen molar-refractivity contribution in [1.82, 2.24) is 0 Å². The zero-order valence-corrected chi connectivity index (χ0v) is 8.91. The van der Waals surface area contributed by atoms with Gasteiger partial charge in [-0.15, -0.1) is 0 Å². The summed E-state index contributed by atoms with van der Waals surface area (Å²) in [5.74, 6) is 1.31. The molecule has 1 aromatic carbocycles. The molecular weight excluding hydrogens is 186 g/mol. The van der Waals surface area contributed by atoms with Gasteiger partial charge in [0.15, 0.2) is 0 Å². The molecule has 0 aromatic heterocycles. The molecule has 0 bridgehead atoms. The van der Waals surface area contributed by atoms with Crippen LogP contribution in [0.5, 0.6) is 0 Å². The molecule has 1 aromatic rings. The highest BCUT2D eigenvalue weighted by molar-refractivity contribution is 5.33. The van der Waals surface area contributed by atoms with Crippen LogP contribution >= 0.6 is 0 Å². The Hall–Kier alpha value is -0.860. The molecule has 1 aliphatic carbocycles. The maximum Gasteiger partial charge on any atom is 0.0802 e. The molecule has 0 saturated carbocycles. The number of quaternary nitrogens is 1. The molecule has 2 nitrogen and oxygen atoms in total. The van der Waals surface area contributed by atoms with Crippen molar-refractivity contribution in [3.05, 3.63) is 40.6 Å². The van der Waals surface area contributed by atoms with Gasteiger partial charge in [0.1, 0.15) is 0 Å². The van der Waals surface area contributed by atoms with Crippen LogP contribution in [0, 0.1) is 11.1 Å². The van der Waals surface area contributed by atoms with E-state index < -0.39 is 0 Å². The minimum atomic E-state index is 0.482. The van der Waals surface area contributed by atoms with Gasteiger partial charge >= 0.3 is 0 Å². The van der Waals surface area contributed by atoms with Gasteiger partial charge in [-0.05, 0) is 29.9 Å². The van der Waals surface area contributed by atoms with Crippen molar-refractivity contribution >= 4 is 0 Å². The lowest BCUT2D eigenvalue weighted by Crippen LogP contribution is -3.09. The highest BCUT2D eigenvalue weighted by Crippen LogP contribution is 2.38. The van der Waals surface area contributed by atoms with Crippen molar-refractivity contribution < 1.29 is 5.06 Å². The average molecular weight is 203 g/mol. The van der Waals surface area contributed by atoms with Crippen LogP contribution in [-0.2, 0) is 6.42 Å². The number of fused-ring (bicyclic) bond motifs is 3. The molecule has 1 N–H and O–H groups in total. The van der Waals surface area contributed by atoms with Crippen molar-refractivity contribution in [2.24, 2.45) is 5.92 Å². The molecule has 15 heavy (non-hydrogen) atoms. The minimum absolute atomic E-state index is 0.482. The largest absolute Gasteiger partial charge is 0.634 e. The Labute approximate surface area is 90.5 Å². The van der Waals surface area contributed by atoms with E-state index in [1.54, 1.807) is 0 Å². The summed E-state index contributed by atoms with van der Waals surface area (Å²) in [6.45, 7) is 1.63. The second kappa shape index (κ2) is 3.62. The monoisotopic (exact) mass is 203 g/mol. The van der Waals surface area contributed by atoms with Gasteiger partial charge < -0.3 is 10.3 Å². The highest BCUT2D eigenvalue weighted by Gasteiger charge is 2.34. The van der Waals surface area contributed by atoms with Gasteiger partial charge in [0.2, 0.25) is 0 Å². The van der Waals surface area contributed by atoms with Crippen LogP contribution in [0.25, 0.3) is 0 Å². The van der Waals surface area contributed by atoms with Crippen LogP contribution in [0.4, 0.5) is 0 Å². The lowest BCUT2D eigenvalue weighted by atomic mass is 9.72. The van der Waals surface area contributed by atoms with E-state index in [4.69, 9.17) is 0 Å².